The molecule has 0 N–H and O–H groups in total. The summed E-state index contributed by atoms with van der Waals surface area (Å²) in [5.41, 5.74) is 0.893. The van der Waals surface area contributed by atoms with Crippen LogP contribution in [0.25, 0.3) is 15.6 Å². The lowest BCUT2D eigenvalue weighted by Gasteiger charge is -2.17. The average molecular weight is 459 g/mol. The van der Waals surface area contributed by atoms with Gasteiger partial charge in [-0.15, -0.1) is 22.7 Å². The van der Waals surface area contributed by atoms with E-state index in [2.05, 4.69) is 10.1 Å². The van der Waals surface area contributed by atoms with Gasteiger partial charge in [-0.1, -0.05) is 13.0 Å². The van der Waals surface area contributed by atoms with Crippen LogP contribution in [0.2, 0.25) is 0 Å². The summed E-state index contributed by atoms with van der Waals surface area (Å²) >= 11 is 2.61. The van der Waals surface area contributed by atoms with Gasteiger partial charge in [0.25, 0.3) is 5.91 Å². The Morgan fingerprint density at radius 3 is 2.52 bits per heavy atom. The molecule has 10 heteroatoms. The van der Waals surface area contributed by atoms with Gasteiger partial charge in [0.15, 0.2) is 0 Å². The highest BCUT2D eigenvalue weighted by molar-refractivity contribution is 7.19. The molecule has 0 aliphatic rings. The van der Waals surface area contributed by atoms with E-state index >= 15 is 0 Å². The second kappa shape index (κ2) is 8.48. The van der Waals surface area contributed by atoms with Crippen LogP contribution in [0, 0.1) is 11.6 Å². The van der Waals surface area contributed by atoms with E-state index < -0.39 is 29.0 Å². The number of carbonyl (C=O) groups excluding carboxylic acids is 2. The molecule has 4 rings (SSSR count). The van der Waals surface area contributed by atoms with Crippen LogP contribution in [0.3, 0.4) is 0 Å². The molecule has 0 saturated carbocycles. The fourth-order valence-electron chi connectivity index (χ4n) is 3.11. The lowest BCUT2D eigenvalue weighted by atomic mass is 10.1. The van der Waals surface area contributed by atoms with E-state index in [1.165, 1.54) is 29.6 Å². The first-order chi connectivity index (χ1) is 14.9. The van der Waals surface area contributed by atoms with Crippen molar-refractivity contribution in [3.8, 4) is 15.6 Å². The van der Waals surface area contributed by atoms with Crippen molar-refractivity contribution in [3.63, 3.8) is 0 Å². The van der Waals surface area contributed by atoms with Gasteiger partial charge in [-0.05, 0) is 30.7 Å². The number of halogens is 2. The predicted molar refractivity (Wildman–Crippen MR) is 116 cm³/mol. The molecule has 31 heavy (non-hydrogen) atoms. The van der Waals surface area contributed by atoms with Crippen LogP contribution in [0.15, 0.2) is 48.1 Å². The number of hydrogen-bond donors (Lipinski definition) is 0. The highest BCUT2D eigenvalue weighted by Gasteiger charge is 2.28. The normalized spacial score (nSPS) is 11.0. The van der Waals surface area contributed by atoms with Gasteiger partial charge in [0.05, 0.1) is 5.69 Å². The minimum atomic E-state index is -1.05. The highest BCUT2D eigenvalue weighted by Crippen LogP contribution is 2.37. The first-order valence-electron chi connectivity index (χ1n) is 9.28. The Hall–Kier alpha value is -3.24. The van der Waals surface area contributed by atoms with Crippen molar-refractivity contribution in [1.29, 1.82) is 0 Å². The summed E-state index contributed by atoms with van der Waals surface area (Å²) in [6.45, 7) is 3.15. The van der Waals surface area contributed by atoms with Gasteiger partial charge in [-0.2, -0.15) is 5.10 Å². The van der Waals surface area contributed by atoms with Crippen LogP contribution >= 0.6 is 22.7 Å². The Morgan fingerprint density at radius 2 is 1.90 bits per heavy atom. The van der Waals surface area contributed by atoms with Crippen molar-refractivity contribution in [2.75, 3.05) is 4.90 Å². The molecule has 2 amide bonds. The van der Waals surface area contributed by atoms with Crippen LogP contribution in [0.5, 0.6) is 0 Å². The fraction of sp³-hybridized carbons (Fsp3) is 0.143. The molecule has 3 heterocycles. The number of nitrogens with zero attached hydrogens (tertiary/aromatic N) is 4. The van der Waals surface area contributed by atoms with Crippen LogP contribution in [0.4, 0.5) is 13.8 Å². The largest absolute Gasteiger partial charge is 0.274 e. The Labute approximate surface area is 184 Å². The summed E-state index contributed by atoms with van der Waals surface area (Å²) in [7, 11) is 0. The monoisotopic (exact) mass is 458 g/mol. The van der Waals surface area contributed by atoms with Crippen molar-refractivity contribution in [1.82, 2.24) is 14.8 Å². The molecule has 0 bridgehead atoms. The molecular formula is C21H16F2N4O2S2. The van der Waals surface area contributed by atoms with Crippen molar-refractivity contribution in [2.45, 2.75) is 20.3 Å². The molecule has 3 aromatic heterocycles. The number of hydrogen-bond acceptors (Lipinski definition) is 6. The van der Waals surface area contributed by atoms with Gasteiger partial charge in [0.1, 0.15) is 22.2 Å². The number of thiophene rings is 1. The maximum atomic E-state index is 14.1. The molecule has 0 aliphatic heterocycles. The van der Waals surface area contributed by atoms with E-state index in [0.717, 1.165) is 39.2 Å². The van der Waals surface area contributed by atoms with E-state index in [9.17, 15) is 18.4 Å². The van der Waals surface area contributed by atoms with Gasteiger partial charge >= 0.3 is 0 Å². The number of imide groups is 1. The minimum Gasteiger partial charge on any atom is -0.274 e. The zero-order valence-corrected chi connectivity index (χ0v) is 18.1. The third-order valence-electron chi connectivity index (χ3n) is 4.51. The van der Waals surface area contributed by atoms with E-state index in [1.807, 2.05) is 18.5 Å². The van der Waals surface area contributed by atoms with Crippen LogP contribution in [-0.4, -0.2) is 26.6 Å². The average Bonchev–Trinajstić information content (AvgIpc) is 3.47. The number of aromatic nitrogens is 3. The Morgan fingerprint density at radius 1 is 1.16 bits per heavy atom. The van der Waals surface area contributed by atoms with Gasteiger partial charge in [-0.25, -0.2) is 23.3 Å². The molecule has 0 spiro atoms. The molecule has 0 fully saturated rings. The lowest BCUT2D eigenvalue weighted by molar-refractivity contribution is -0.115. The molecule has 6 nitrogen and oxygen atoms in total. The standard InChI is InChI=1S/C21H16F2N4O2S2/c1-3-16-13(11-26(25-16)21-24-9-10-30-21)17-7-8-18(31-17)27(12(2)28)20(29)19-14(22)5-4-6-15(19)23/h4-11H,3H2,1-2H3. The maximum Gasteiger partial charge on any atom is 0.271 e. The molecule has 158 valence electrons. The SMILES string of the molecule is CCc1nn(-c2nccs2)cc1-c1ccc(N(C(C)=O)C(=O)c2c(F)cccc2F)s1. The van der Waals surface area contributed by atoms with E-state index in [4.69, 9.17) is 0 Å². The zero-order valence-electron chi connectivity index (χ0n) is 16.5. The number of anilines is 1. The van der Waals surface area contributed by atoms with E-state index in [0.29, 0.717) is 11.6 Å². The fourth-order valence-corrected chi connectivity index (χ4v) is 4.76. The summed E-state index contributed by atoms with van der Waals surface area (Å²) < 4.78 is 30.0. The first kappa shape index (κ1) is 21.0. The number of benzene rings is 1. The van der Waals surface area contributed by atoms with Gasteiger partial charge in [0.2, 0.25) is 11.0 Å². The second-order valence-corrected chi connectivity index (χ2v) is 8.43. The Bertz CT molecular complexity index is 1240. The molecule has 0 unspecified atom stereocenters. The molecular weight excluding hydrogens is 442 g/mol. The first-order valence-corrected chi connectivity index (χ1v) is 11.0. The second-order valence-electron chi connectivity index (χ2n) is 6.50. The topological polar surface area (TPSA) is 68.1 Å². The number of thiazole rings is 1. The number of amides is 2. The Balaban J connectivity index is 1.73. The van der Waals surface area contributed by atoms with E-state index in [1.54, 1.807) is 23.0 Å². The van der Waals surface area contributed by atoms with Gasteiger partial charge in [-0.3, -0.25) is 9.59 Å². The van der Waals surface area contributed by atoms with Crippen LogP contribution in [0.1, 0.15) is 29.9 Å². The Kier molecular flexibility index (Phi) is 5.75. The van der Waals surface area contributed by atoms with Gasteiger partial charge < -0.3 is 0 Å². The smallest absolute Gasteiger partial charge is 0.271 e. The molecule has 0 radical (unpaired) electrons. The summed E-state index contributed by atoms with van der Waals surface area (Å²) in [6, 6.07) is 6.46. The molecule has 0 aliphatic carbocycles. The van der Waals surface area contributed by atoms with Gasteiger partial charge in [0, 0.05) is 35.1 Å². The van der Waals surface area contributed by atoms with E-state index in [-0.39, 0.29) is 5.00 Å². The zero-order chi connectivity index (χ0) is 22.1. The molecule has 4 aromatic rings. The molecule has 0 atom stereocenters. The third kappa shape index (κ3) is 3.91. The van der Waals surface area contributed by atoms with Crippen LogP contribution < -0.4 is 4.90 Å². The summed E-state index contributed by atoms with van der Waals surface area (Å²) in [5.74, 6) is -3.74. The minimum absolute atomic E-state index is 0.263. The molecule has 0 saturated heterocycles. The summed E-state index contributed by atoms with van der Waals surface area (Å²) in [6.07, 6.45) is 4.19. The van der Waals surface area contributed by atoms with Crippen LogP contribution in [-0.2, 0) is 11.2 Å². The highest BCUT2D eigenvalue weighted by atomic mass is 32.1. The van der Waals surface area contributed by atoms with Crippen molar-refractivity contribution in [2.24, 2.45) is 0 Å². The number of rotatable bonds is 5. The predicted octanol–water partition coefficient (Wildman–Crippen LogP) is 5.09. The number of carbonyl (C=O) groups is 2. The maximum absolute atomic E-state index is 14.1. The van der Waals surface area contributed by atoms with Crippen molar-refractivity contribution >= 4 is 39.5 Å². The summed E-state index contributed by atoms with van der Waals surface area (Å²) in [5, 5.41) is 7.40. The van der Waals surface area contributed by atoms with Crippen molar-refractivity contribution < 1.29 is 18.4 Å². The van der Waals surface area contributed by atoms with Crippen molar-refractivity contribution in [3.05, 3.63) is 71.0 Å². The summed E-state index contributed by atoms with van der Waals surface area (Å²) in [4.78, 5) is 30.9. The quantitative estimate of drug-likeness (QED) is 0.418. The number of aryl methyl sites for hydroxylation is 1. The molecule has 1 aromatic carbocycles. The lowest BCUT2D eigenvalue weighted by Crippen LogP contribution is -2.35. The third-order valence-corrected chi connectivity index (χ3v) is 6.38.